The lowest BCUT2D eigenvalue weighted by molar-refractivity contribution is 0.328. The molecule has 3 nitrogen and oxygen atoms in total. The Bertz CT molecular complexity index is 151. The van der Waals surface area contributed by atoms with Gasteiger partial charge < -0.3 is 9.84 Å². The fourth-order valence-electron chi connectivity index (χ4n) is 0.661. The Labute approximate surface area is 53.7 Å². The van der Waals surface area contributed by atoms with Gasteiger partial charge in [-0.05, 0) is 0 Å². The van der Waals surface area contributed by atoms with Gasteiger partial charge in [-0.15, -0.1) is 0 Å². The molecule has 0 fully saturated rings. The molecule has 0 amide bonds. The van der Waals surface area contributed by atoms with Crippen LogP contribution >= 0.6 is 0 Å². The Morgan fingerprint density at radius 1 is 1.89 bits per heavy atom. The molecule has 0 aromatic carbocycles. The molecule has 0 saturated heterocycles. The van der Waals surface area contributed by atoms with Crippen LogP contribution in [0.25, 0.3) is 0 Å². The minimum atomic E-state index is 0.107. The molecule has 3 heteroatoms. The maximum atomic E-state index is 8.66. The number of hydrogen-bond donors (Lipinski definition) is 1. The Morgan fingerprint density at radius 3 is 3.11 bits per heavy atom. The van der Waals surface area contributed by atoms with E-state index >= 15 is 0 Å². The molecule has 0 aromatic heterocycles. The Kier molecular flexibility index (Phi) is 1.72. The number of rotatable bonds is 2. The Hall–Kier alpha value is -0.990. The molecule has 1 aliphatic heterocycles. The van der Waals surface area contributed by atoms with Gasteiger partial charge in [-0.25, -0.2) is 0 Å². The van der Waals surface area contributed by atoms with Crippen molar-refractivity contribution in [3.8, 4) is 0 Å². The van der Waals surface area contributed by atoms with Crippen molar-refractivity contribution in [1.82, 2.24) is 0 Å². The molecule has 0 unspecified atom stereocenters. The van der Waals surface area contributed by atoms with E-state index < -0.39 is 0 Å². The smallest absolute Gasteiger partial charge is 0.191 e. The average molecular weight is 127 g/mol. The maximum absolute atomic E-state index is 8.66. The lowest BCUT2D eigenvalue weighted by Gasteiger charge is -1.97. The quantitative estimate of drug-likeness (QED) is 0.559. The van der Waals surface area contributed by atoms with E-state index in [1.807, 2.05) is 0 Å². The van der Waals surface area contributed by atoms with E-state index in [1.54, 1.807) is 0 Å². The topological polar surface area (TPSA) is 41.8 Å². The summed E-state index contributed by atoms with van der Waals surface area (Å²) in [6.07, 6.45) is 0.361. The maximum Gasteiger partial charge on any atom is 0.191 e. The highest BCUT2D eigenvalue weighted by atomic mass is 16.5. The predicted molar refractivity (Wildman–Crippen MR) is 34.6 cm³/mol. The van der Waals surface area contributed by atoms with Crippen molar-refractivity contribution in [2.75, 3.05) is 13.2 Å². The first-order valence-corrected chi connectivity index (χ1v) is 2.82. The number of aliphatic hydroxyl groups excluding tert-OH is 1. The van der Waals surface area contributed by atoms with Crippen molar-refractivity contribution in [2.45, 2.75) is 6.42 Å². The zero-order chi connectivity index (χ0) is 6.69. The standard InChI is InChI=1S/C6H9NO2/c1-5(8)4-6-7-2-3-9-6/h8H,1-4H2. The molecule has 0 aliphatic carbocycles. The van der Waals surface area contributed by atoms with Crippen molar-refractivity contribution in [1.29, 1.82) is 0 Å². The summed E-state index contributed by atoms with van der Waals surface area (Å²) in [5, 5.41) is 8.66. The number of nitrogens with zero attached hydrogens (tertiary/aromatic N) is 1. The highest BCUT2D eigenvalue weighted by Crippen LogP contribution is 2.02. The number of aliphatic hydroxyl groups is 1. The minimum absolute atomic E-state index is 0.107. The highest BCUT2D eigenvalue weighted by molar-refractivity contribution is 5.79. The molecule has 1 aliphatic rings. The van der Waals surface area contributed by atoms with Gasteiger partial charge in [0, 0.05) is 0 Å². The van der Waals surface area contributed by atoms with Crippen LogP contribution in [-0.2, 0) is 4.74 Å². The molecule has 0 aromatic rings. The van der Waals surface area contributed by atoms with Gasteiger partial charge in [0.2, 0.25) is 0 Å². The van der Waals surface area contributed by atoms with Gasteiger partial charge in [0.1, 0.15) is 6.61 Å². The summed E-state index contributed by atoms with van der Waals surface area (Å²) in [6, 6.07) is 0. The van der Waals surface area contributed by atoms with Gasteiger partial charge in [-0.3, -0.25) is 4.99 Å². The zero-order valence-electron chi connectivity index (χ0n) is 5.13. The van der Waals surface area contributed by atoms with Gasteiger partial charge in [-0.2, -0.15) is 0 Å². The van der Waals surface area contributed by atoms with E-state index in [1.165, 1.54) is 0 Å². The van der Waals surface area contributed by atoms with E-state index in [0.29, 0.717) is 25.5 Å². The van der Waals surface area contributed by atoms with Crippen LogP contribution in [0.3, 0.4) is 0 Å². The third-order valence-electron chi connectivity index (χ3n) is 1.00. The molecule has 9 heavy (non-hydrogen) atoms. The monoisotopic (exact) mass is 127 g/mol. The van der Waals surface area contributed by atoms with Crippen molar-refractivity contribution in [2.24, 2.45) is 4.99 Å². The normalized spacial score (nSPS) is 16.7. The predicted octanol–water partition coefficient (Wildman–Crippen LogP) is 0.877. The molecule has 1 rings (SSSR count). The molecular formula is C6H9NO2. The molecule has 0 atom stereocenters. The average Bonchev–Trinajstić information content (AvgIpc) is 2.15. The fourth-order valence-corrected chi connectivity index (χ4v) is 0.661. The third kappa shape index (κ3) is 1.76. The first-order valence-electron chi connectivity index (χ1n) is 2.82. The van der Waals surface area contributed by atoms with E-state index in [4.69, 9.17) is 9.84 Å². The van der Waals surface area contributed by atoms with E-state index in [-0.39, 0.29) is 5.76 Å². The second-order valence-corrected chi connectivity index (χ2v) is 1.87. The first-order chi connectivity index (χ1) is 4.29. The number of ether oxygens (including phenoxy) is 1. The second-order valence-electron chi connectivity index (χ2n) is 1.87. The summed E-state index contributed by atoms with van der Waals surface area (Å²) < 4.78 is 4.99. The van der Waals surface area contributed by atoms with E-state index in [9.17, 15) is 0 Å². The second kappa shape index (κ2) is 2.53. The summed E-state index contributed by atoms with van der Waals surface area (Å²) >= 11 is 0. The van der Waals surface area contributed by atoms with Crippen LogP contribution in [0.15, 0.2) is 17.3 Å². The Morgan fingerprint density at radius 2 is 2.67 bits per heavy atom. The molecule has 0 bridgehead atoms. The van der Waals surface area contributed by atoms with E-state index in [2.05, 4.69) is 11.6 Å². The van der Waals surface area contributed by atoms with Gasteiger partial charge >= 0.3 is 0 Å². The van der Waals surface area contributed by atoms with Gasteiger partial charge in [-0.1, -0.05) is 6.58 Å². The number of hydrogen-bond acceptors (Lipinski definition) is 3. The largest absolute Gasteiger partial charge is 0.512 e. The molecular weight excluding hydrogens is 118 g/mol. The third-order valence-corrected chi connectivity index (χ3v) is 1.00. The van der Waals surface area contributed by atoms with Crippen molar-refractivity contribution >= 4 is 5.90 Å². The summed E-state index contributed by atoms with van der Waals surface area (Å²) in [6.45, 7) is 4.67. The Balaban J connectivity index is 2.35. The highest BCUT2D eigenvalue weighted by Gasteiger charge is 2.06. The molecule has 0 radical (unpaired) electrons. The van der Waals surface area contributed by atoms with Crippen LogP contribution in [0.5, 0.6) is 0 Å². The molecule has 1 N–H and O–H groups in total. The van der Waals surface area contributed by atoms with Gasteiger partial charge in [0.15, 0.2) is 5.90 Å². The summed E-state index contributed by atoms with van der Waals surface area (Å²) in [5.41, 5.74) is 0. The van der Waals surface area contributed by atoms with Crippen LogP contribution in [0, 0.1) is 0 Å². The van der Waals surface area contributed by atoms with Crippen LogP contribution in [0.1, 0.15) is 6.42 Å². The SMILES string of the molecule is C=C(O)CC1=NCCO1. The van der Waals surface area contributed by atoms with Crippen LogP contribution in [0.2, 0.25) is 0 Å². The van der Waals surface area contributed by atoms with Crippen LogP contribution in [0.4, 0.5) is 0 Å². The minimum Gasteiger partial charge on any atom is -0.512 e. The summed E-state index contributed by atoms with van der Waals surface area (Å²) in [5.74, 6) is 0.707. The van der Waals surface area contributed by atoms with Gasteiger partial charge in [0.05, 0.1) is 18.7 Å². The summed E-state index contributed by atoms with van der Waals surface area (Å²) in [4.78, 5) is 3.95. The lowest BCUT2D eigenvalue weighted by Crippen LogP contribution is -1.99. The molecule has 0 spiro atoms. The van der Waals surface area contributed by atoms with Crippen molar-refractivity contribution in [3.05, 3.63) is 12.3 Å². The zero-order valence-corrected chi connectivity index (χ0v) is 5.13. The van der Waals surface area contributed by atoms with Gasteiger partial charge in [0.25, 0.3) is 0 Å². The number of aliphatic imine (C=N–C) groups is 1. The fraction of sp³-hybridized carbons (Fsp3) is 0.500. The first kappa shape index (κ1) is 6.13. The van der Waals surface area contributed by atoms with Crippen molar-refractivity contribution < 1.29 is 9.84 Å². The summed E-state index contributed by atoms with van der Waals surface area (Å²) in [7, 11) is 0. The molecule has 50 valence electrons. The van der Waals surface area contributed by atoms with Crippen LogP contribution in [-0.4, -0.2) is 24.2 Å². The van der Waals surface area contributed by atoms with Crippen molar-refractivity contribution in [3.63, 3.8) is 0 Å². The van der Waals surface area contributed by atoms with E-state index in [0.717, 1.165) is 0 Å². The molecule has 1 heterocycles. The lowest BCUT2D eigenvalue weighted by atomic mass is 10.4. The van der Waals surface area contributed by atoms with Crippen LogP contribution < -0.4 is 0 Å². The molecule has 0 saturated carbocycles.